The van der Waals surface area contributed by atoms with Crippen molar-refractivity contribution in [1.29, 1.82) is 0 Å². The van der Waals surface area contributed by atoms with Gasteiger partial charge in [-0.25, -0.2) is 13.1 Å². The average molecular weight is 540 g/mol. The highest BCUT2D eigenvalue weighted by molar-refractivity contribution is 7.89. The summed E-state index contributed by atoms with van der Waals surface area (Å²) in [6.07, 6.45) is 1.69. The number of fused-ring (bicyclic) bond motifs is 1. The number of methoxy groups -OCH3 is 1. The molecule has 1 saturated heterocycles. The quantitative estimate of drug-likeness (QED) is 0.387. The van der Waals surface area contributed by atoms with Crippen molar-refractivity contribution < 1.29 is 22.7 Å². The van der Waals surface area contributed by atoms with Crippen LogP contribution in [0.3, 0.4) is 0 Å². The summed E-state index contributed by atoms with van der Waals surface area (Å²) in [5.74, 6) is 0.224. The average Bonchev–Trinajstić information content (AvgIpc) is 3.45. The fourth-order valence-corrected chi connectivity index (χ4v) is 6.17. The normalized spacial score (nSPS) is 15.9. The molecular formula is C22H22ClN3O5S3. The second-order valence-corrected chi connectivity index (χ2v) is 11.1. The number of nitrogens with one attached hydrogen (secondary N) is 3. The minimum Gasteiger partial charge on any atom is -0.497 e. The van der Waals surface area contributed by atoms with E-state index in [1.165, 1.54) is 23.5 Å². The summed E-state index contributed by atoms with van der Waals surface area (Å²) in [7, 11) is -2.09. The lowest BCUT2D eigenvalue weighted by Crippen LogP contribution is -2.34. The number of thiocarbonyl (C=S) groups is 1. The van der Waals surface area contributed by atoms with E-state index in [4.69, 9.17) is 33.3 Å². The van der Waals surface area contributed by atoms with Gasteiger partial charge in [0, 0.05) is 28.9 Å². The number of thiophene rings is 1. The maximum absolute atomic E-state index is 12.7. The molecule has 1 aliphatic rings. The molecule has 1 atom stereocenters. The van der Waals surface area contributed by atoms with E-state index in [1.807, 2.05) is 6.07 Å². The number of carbonyl (C=O) groups excluding carboxylic acids is 1. The first kappa shape index (κ1) is 24.8. The molecule has 0 saturated carbocycles. The molecule has 180 valence electrons. The highest BCUT2D eigenvalue weighted by atomic mass is 35.5. The zero-order valence-electron chi connectivity index (χ0n) is 18.1. The topological polar surface area (TPSA) is 106 Å². The molecule has 1 unspecified atom stereocenters. The van der Waals surface area contributed by atoms with Crippen LogP contribution in [-0.2, 0) is 14.8 Å². The summed E-state index contributed by atoms with van der Waals surface area (Å²) >= 11 is 12.9. The molecule has 34 heavy (non-hydrogen) atoms. The Bertz CT molecular complexity index is 1320. The van der Waals surface area contributed by atoms with E-state index in [0.717, 1.165) is 22.9 Å². The van der Waals surface area contributed by atoms with Gasteiger partial charge in [-0.15, -0.1) is 11.3 Å². The molecule has 1 fully saturated rings. The van der Waals surface area contributed by atoms with Gasteiger partial charge in [-0.2, -0.15) is 0 Å². The molecule has 12 heteroatoms. The van der Waals surface area contributed by atoms with E-state index >= 15 is 0 Å². The Balaban J connectivity index is 1.37. The summed E-state index contributed by atoms with van der Waals surface area (Å²) in [6.45, 7) is 0.901. The Kier molecular flexibility index (Phi) is 7.70. The van der Waals surface area contributed by atoms with E-state index in [1.54, 1.807) is 31.4 Å². The third kappa shape index (κ3) is 5.68. The van der Waals surface area contributed by atoms with Crippen molar-refractivity contribution in [3.63, 3.8) is 0 Å². The van der Waals surface area contributed by atoms with Gasteiger partial charge in [0.05, 0.1) is 23.1 Å². The zero-order valence-corrected chi connectivity index (χ0v) is 21.3. The maximum atomic E-state index is 12.7. The number of amides is 1. The smallest absolute Gasteiger partial charge is 0.269 e. The molecule has 1 aliphatic heterocycles. The molecule has 0 bridgehead atoms. The molecule has 3 aromatic rings. The number of sulfonamides is 1. The molecule has 3 N–H and O–H groups in total. The first-order valence-corrected chi connectivity index (χ1v) is 13.4. The van der Waals surface area contributed by atoms with Crippen LogP contribution in [0.2, 0.25) is 5.02 Å². The SMILES string of the molecule is COc1ccc2c(Cl)c(C(=O)NC(=S)Nc3ccc(S(=O)(=O)NCC4CCCO4)cc3)sc2c1. The van der Waals surface area contributed by atoms with E-state index in [0.29, 0.717) is 27.9 Å². The van der Waals surface area contributed by atoms with Crippen LogP contribution < -0.4 is 20.1 Å². The molecule has 1 amide bonds. The van der Waals surface area contributed by atoms with Crippen molar-refractivity contribution in [1.82, 2.24) is 10.0 Å². The summed E-state index contributed by atoms with van der Waals surface area (Å²) in [5.41, 5.74) is 0.524. The minimum absolute atomic E-state index is 0.0585. The van der Waals surface area contributed by atoms with Crippen molar-refractivity contribution in [2.45, 2.75) is 23.8 Å². The van der Waals surface area contributed by atoms with E-state index < -0.39 is 15.9 Å². The molecule has 0 radical (unpaired) electrons. The highest BCUT2D eigenvalue weighted by Crippen LogP contribution is 2.37. The fraction of sp³-hybridized carbons (Fsp3) is 0.273. The van der Waals surface area contributed by atoms with Crippen LogP contribution in [0.4, 0.5) is 5.69 Å². The molecular weight excluding hydrogens is 518 g/mol. The standard InChI is InChI=1S/C22H22ClN3O5S3/c1-30-14-6-9-17-18(11-14)33-20(19(17)23)21(27)26-22(32)25-13-4-7-16(8-5-13)34(28,29)24-12-15-3-2-10-31-15/h4-9,11,15,24H,2-3,10,12H2,1H3,(H2,25,26,27,32). The monoisotopic (exact) mass is 539 g/mol. The van der Waals surface area contributed by atoms with Gasteiger partial charge in [-0.1, -0.05) is 11.6 Å². The largest absolute Gasteiger partial charge is 0.497 e. The third-order valence-electron chi connectivity index (χ3n) is 5.22. The number of hydrogen-bond acceptors (Lipinski definition) is 7. The van der Waals surface area contributed by atoms with E-state index in [9.17, 15) is 13.2 Å². The van der Waals surface area contributed by atoms with Gasteiger partial charge >= 0.3 is 0 Å². The van der Waals surface area contributed by atoms with Crippen molar-refractivity contribution >= 4 is 72.0 Å². The van der Waals surface area contributed by atoms with Crippen LogP contribution in [0.15, 0.2) is 47.4 Å². The van der Waals surface area contributed by atoms with E-state index in [2.05, 4.69) is 15.4 Å². The van der Waals surface area contributed by atoms with Crippen molar-refractivity contribution in [2.24, 2.45) is 0 Å². The highest BCUT2D eigenvalue weighted by Gasteiger charge is 2.21. The number of halogens is 1. The van der Waals surface area contributed by atoms with Crippen LogP contribution in [-0.4, -0.2) is 45.8 Å². The van der Waals surface area contributed by atoms with Gasteiger partial charge in [0.1, 0.15) is 10.6 Å². The molecule has 2 aromatic carbocycles. The van der Waals surface area contributed by atoms with Gasteiger partial charge in [0.15, 0.2) is 5.11 Å². The van der Waals surface area contributed by atoms with Crippen LogP contribution >= 0.6 is 35.2 Å². The predicted molar refractivity (Wildman–Crippen MR) is 138 cm³/mol. The van der Waals surface area contributed by atoms with Crippen LogP contribution in [0.5, 0.6) is 5.75 Å². The molecule has 2 heterocycles. The van der Waals surface area contributed by atoms with Crippen molar-refractivity contribution in [3.8, 4) is 5.75 Å². The molecule has 4 rings (SSSR count). The molecule has 0 aliphatic carbocycles. The van der Waals surface area contributed by atoms with Crippen LogP contribution in [0.1, 0.15) is 22.5 Å². The maximum Gasteiger partial charge on any atom is 0.269 e. The number of carbonyl (C=O) groups is 1. The number of hydrogen-bond donors (Lipinski definition) is 3. The third-order valence-corrected chi connectivity index (χ3v) is 8.52. The van der Waals surface area contributed by atoms with Crippen molar-refractivity contribution in [3.05, 3.63) is 52.4 Å². The van der Waals surface area contributed by atoms with Gasteiger partial charge in [0.2, 0.25) is 10.0 Å². The Labute approximate surface area is 211 Å². The Morgan fingerprint density at radius 2 is 2.03 bits per heavy atom. The van der Waals surface area contributed by atoms with Gasteiger partial charge in [0.25, 0.3) is 5.91 Å². The number of anilines is 1. The predicted octanol–water partition coefficient (Wildman–Crippen LogP) is 4.15. The summed E-state index contributed by atoms with van der Waals surface area (Å²) in [6, 6.07) is 11.4. The molecule has 8 nitrogen and oxygen atoms in total. The van der Waals surface area contributed by atoms with Gasteiger partial charge in [-0.3, -0.25) is 10.1 Å². The molecule has 0 spiro atoms. The van der Waals surface area contributed by atoms with Crippen molar-refractivity contribution in [2.75, 3.05) is 25.6 Å². The Morgan fingerprint density at radius 3 is 2.71 bits per heavy atom. The Hall–Kier alpha value is -2.28. The lowest BCUT2D eigenvalue weighted by atomic mass is 10.2. The molecule has 1 aromatic heterocycles. The number of ether oxygens (including phenoxy) is 2. The van der Waals surface area contributed by atoms with Crippen LogP contribution in [0, 0.1) is 0 Å². The second kappa shape index (κ2) is 10.5. The van der Waals surface area contributed by atoms with E-state index in [-0.39, 0.29) is 22.7 Å². The lowest BCUT2D eigenvalue weighted by molar-refractivity contribution is 0.0982. The fourth-order valence-electron chi connectivity index (χ4n) is 3.45. The number of rotatable bonds is 7. The lowest BCUT2D eigenvalue weighted by Gasteiger charge is -2.12. The van der Waals surface area contributed by atoms with Crippen LogP contribution in [0.25, 0.3) is 10.1 Å². The number of benzene rings is 2. The van der Waals surface area contributed by atoms with Gasteiger partial charge in [-0.05, 0) is 67.5 Å². The Morgan fingerprint density at radius 1 is 1.26 bits per heavy atom. The minimum atomic E-state index is -3.65. The first-order valence-electron chi connectivity index (χ1n) is 10.4. The summed E-state index contributed by atoms with van der Waals surface area (Å²) < 4.78 is 39.0. The summed E-state index contributed by atoms with van der Waals surface area (Å²) in [5, 5.41) is 6.63. The first-order chi connectivity index (χ1) is 16.3. The summed E-state index contributed by atoms with van der Waals surface area (Å²) in [4.78, 5) is 13.2. The second-order valence-electron chi connectivity index (χ2n) is 7.53. The van der Waals surface area contributed by atoms with Gasteiger partial charge < -0.3 is 14.8 Å². The zero-order chi connectivity index (χ0) is 24.3.